The van der Waals surface area contributed by atoms with E-state index < -0.39 is 0 Å². The monoisotopic (exact) mass is 374 g/mol. The molecule has 1 heterocycles. The molecule has 0 aromatic heterocycles. The Balaban J connectivity index is 1.50. The third-order valence-electron chi connectivity index (χ3n) is 5.24. The van der Waals surface area contributed by atoms with Crippen molar-refractivity contribution < 1.29 is 19.1 Å². The number of benzene rings is 1. The standard InChI is InChI=1S/C21H30N2O4/c1-3-27-18-9-5-16(15-19(18)26-2)6-10-20(24)22-11-4-12-23(14-13-22)21(25)17-7-8-17/h5,9,15,17H,3-4,6-8,10-14H2,1-2H3. The summed E-state index contributed by atoms with van der Waals surface area (Å²) in [5.41, 5.74) is 1.06. The molecule has 1 aromatic carbocycles. The van der Waals surface area contributed by atoms with Crippen molar-refractivity contribution in [2.45, 2.75) is 39.0 Å². The molecule has 2 fully saturated rings. The average molecular weight is 374 g/mol. The van der Waals surface area contributed by atoms with E-state index in [0.29, 0.717) is 38.3 Å². The van der Waals surface area contributed by atoms with E-state index in [1.54, 1.807) is 7.11 Å². The summed E-state index contributed by atoms with van der Waals surface area (Å²) in [4.78, 5) is 28.7. The first-order valence-electron chi connectivity index (χ1n) is 9.98. The number of rotatable bonds is 7. The molecule has 6 heteroatoms. The van der Waals surface area contributed by atoms with Gasteiger partial charge in [-0.25, -0.2) is 0 Å². The maximum atomic E-state index is 12.6. The smallest absolute Gasteiger partial charge is 0.225 e. The fourth-order valence-electron chi connectivity index (χ4n) is 3.53. The Hall–Kier alpha value is -2.24. The maximum absolute atomic E-state index is 12.6. The fourth-order valence-corrected chi connectivity index (χ4v) is 3.53. The van der Waals surface area contributed by atoms with Crippen LogP contribution in [0.3, 0.4) is 0 Å². The minimum atomic E-state index is 0.156. The maximum Gasteiger partial charge on any atom is 0.225 e. The second-order valence-electron chi connectivity index (χ2n) is 7.25. The van der Waals surface area contributed by atoms with Crippen LogP contribution in [0, 0.1) is 5.92 Å². The molecule has 0 bridgehead atoms. The zero-order chi connectivity index (χ0) is 19.2. The summed E-state index contributed by atoms with van der Waals surface area (Å²) in [5, 5.41) is 0. The summed E-state index contributed by atoms with van der Waals surface area (Å²) in [6.07, 6.45) is 4.06. The molecule has 2 amide bonds. The van der Waals surface area contributed by atoms with Gasteiger partial charge in [-0.3, -0.25) is 9.59 Å². The van der Waals surface area contributed by atoms with Crippen molar-refractivity contribution in [2.24, 2.45) is 5.92 Å². The van der Waals surface area contributed by atoms with Gasteiger partial charge in [0.25, 0.3) is 0 Å². The summed E-state index contributed by atoms with van der Waals surface area (Å²) in [6.45, 7) is 5.34. The molecule has 2 aliphatic rings. The molecule has 1 saturated heterocycles. The van der Waals surface area contributed by atoms with E-state index in [1.165, 1.54) is 0 Å². The van der Waals surface area contributed by atoms with Gasteiger partial charge in [-0.05, 0) is 50.3 Å². The van der Waals surface area contributed by atoms with Crippen LogP contribution in [-0.4, -0.2) is 61.5 Å². The molecule has 148 valence electrons. The number of hydrogen-bond acceptors (Lipinski definition) is 4. The number of methoxy groups -OCH3 is 1. The van der Waals surface area contributed by atoms with Crippen LogP contribution in [0.2, 0.25) is 0 Å². The quantitative estimate of drug-likeness (QED) is 0.736. The Kier molecular flexibility index (Phi) is 6.58. The van der Waals surface area contributed by atoms with E-state index in [9.17, 15) is 9.59 Å². The molecule has 3 rings (SSSR count). The van der Waals surface area contributed by atoms with Gasteiger partial charge in [0.05, 0.1) is 13.7 Å². The Morgan fingerprint density at radius 3 is 2.52 bits per heavy atom. The Morgan fingerprint density at radius 2 is 1.81 bits per heavy atom. The molecule has 0 unspecified atom stereocenters. The second kappa shape index (κ2) is 9.11. The van der Waals surface area contributed by atoms with E-state index >= 15 is 0 Å². The molecule has 27 heavy (non-hydrogen) atoms. The highest BCUT2D eigenvalue weighted by molar-refractivity contribution is 5.81. The van der Waals surface area contributed by atoms with Gasteiger partial charge < -0.3 is 19.3 Å². The number of amides is 2. The molecule has 0 atom stereocenters. The third kappa shape index (κ3) is 5.15. The van der Waals surface area contributed by atoms with E-state index in [2.05, 4.69) is 0 Å². The van der Waals surface area contributed by atoms with Gasteiger partial charge in [0.1, 0.15) is 0 Å². The molecule has 1 aliphatic carbocycles. The minimum Gasteiger partial charge on any atom is -0.493 e. The van der Waals surface area contributed by atoms with Crippen LogP contribution in [0.4, 0.5) is 0 Å². The van der Waals surface area contributed by atoms with Crippen LogP contribution in [0.15, 0.2) is 18.2 Å². The number of nitrogens with zero attached hydrogens (tertiary/aromatic N) is 2. The lowest BCUT2D eigenvalue weighted by Crippen LogP contribution is -2.38. The van der Waals surface area contributed by atoms with Crippen molar-refractivity contribution in [2.75, 3.05) is 39.9 Å². The van der Waals surface area contributed by atoms with E-state index in [1.807, 2.05) is 34.9 Å². The minimum absolute atomic E-state index is 0.156. The van der Waals surface area contributed by atoms with Crippen molar-refractivity contribution in [1.29, 1.82) is 0 Å². The number of ether oxygens (including phenoxy) is 2. The van der Waals surface area contributed by atoms with Gasteiger partial charge in [0, 0.05) is 38.5 Å². The van der Waals surface area contributed by atoms with Gasteiger partial charge in [0.2, 0.25) is 11.8 Å². The molecule has 1 aliphatic heterocycles. The van der Waals surface area contributed by atoms with Gasteiger partial charge in [-0.1, -0.05) is 6.07 Å². The largest absolute Gasteiger partial charge is 0.493 e. The summed E-state index contributed by atoms with van der Waals surface area (Å²) in [5.74, 6) is 2.12. The first-order valence-corrected chi connectivity index (χ1v) is 9.98. The highest BCUT2D eigenvalue weighted by Crippen LogP contribution is 2.31. The average Bonchev–Trinajstić information content (AvgIpc) is 3.53. The van der Waals surface area contributed by atoms with Gasteiger partial charge in [-0.15, -0.1) is 0 Å². The van der Waals surface area contributed by atoms with Crippen molar-refractivity contribution in [1.82, 2.24) is 9.80 Å². The lowest BCUT2D eigenvalue weighted by Gasteiger charge is -2.22. The van der Waals surface area contributed by atoms with Crippen molar-refractivity contribution in [3.63, 3.8) is 0 Å². The van der Waals surface area contributed by atoms with Gasteiger partial charge in [-0.2, -0.15) is 0 Å². The van der Waals surface area contributed by atoms with Crippen LogP contribution in [0.5, 0.6) is 11.5 Å². The van der Waals surface area contributed by atoms with Gasteiger partial charge in [0.15, 0.2) is 11.5 Å². The first-order chi connectivity index (χ1) is 13.1. The summed E-state index contributed by atoms with van der Waals surface area (Å²) in [6, 6.07) is 5.82. The number of carbonyl (C=O) groups excluding carboxylic acids is 2. The highest BCUT2D eigenvalue weighted by atomic mass is 16.5. The Bertz CT molecular complexity index is 672. The van der Waals surface area contributed by atoms with Crippen LogP contribution in [-0.2, 0) is 16.0 Å². The SMILES string of the molecule is CCOc1ccc(CCC(=O)N2CCCN(C(=O)C3CC3)CC2)cc1OC. The second-order valence-corrected chi connectivity index (χ2v) is 7.25. The zero-order valence-corrected chi connectivity index (χ0v) is 16.4. The van der Waals surface area contributed by atoms with Gasteiger partial charge >= 0.3 is 0 Å². The molecular weight excluding hydrogens is 344 g/mol. The molecular formula is C21H30N2O4. The number of hydrogen-bond donors (Lipinski definition) is 0. The molecule has 0 radical (unpaired) electrons. The predicted molar refractivity (Wildman–Crippen MR) is 103 cm³/mol. The lowest BCUT2D eigenvalue weighted by molar-refractivity contribution is -0.134. The van der Waals surface area contributed by atoms with Crippen LogP contribution >= 0.6 is 0 Å². The van der Waals surface area contributed by atoms with Crippen molar-refractivity contribution in [3.05, 3.63) is 23.8 Å². The molecule has 6 nitrogen and oxygen atoms in total. The molecule has 0 N–H and O–H groups in total. The predicted octanol–water partition coefficient (Wildman–Crippen LogP) is 2.50. The zero-order valence-electron chi connectivity index (χ0n) is 16.4. The summed E-state index contributed by atoms with van der Waals surface area (Å²) >= 11 is 0. The first kappa shape index (κ1) is 19.5. The number of carbonyl (C=O) groups is 2. The Morgan fingerprint density at radius 1 is 1.07 bits per heavy atom. The molecule has 1 aromatic rings. The lowest BCUT2D eigenvalue weighted by atomic mass is 10.1. The fraction of sp³-hybridized carbons (Fsp3) is 0.619. The Labute approximate surface area is 161 Å². The van der Waals surface area contributed by atoms with E-state index in [4.69, 9.17) is 9.47 Å². The number of aryl methyl sites for hydroxylation is 1. The molecule has 0 spiro atoms. The normalized spacial score (nSPS) is 17.4. The highest BCUT2D eigenvalue weighted by Gasteiger charge is 2.34. The van der Waals surface area contributed by atoms with E-state index in [-0.39, 0.29) is 17.7 Å². The molecule has 1 saturated carbocycles. The van der Waals surface area contributed by atoms with Crippen molar-refractivity contribution in [3.8, 4) is 11.5 Å². The van der Waals surface area contributed by atoms with E-state index in [0.717, 1.165) is 43.7 Å². The topological polar surface area (TPSA) is 59.1 Å². The summed E-state index contributed by atoms with van der Waals surface area (Å²) in [7, 11) is 1.62. The van der Waals surface area contributed by atoms with Crippen molar-refractivity contribution >= 4 is 11.8 Å². The van der Waals surface area contributed by atoms with Crippen LogP contribution in [0.25, 0.3) is 0 Å². The summed E-state index contributed by atoms with van der Waals surface area (Å²) < 4.78 is 10.9. The van der Waals surface area contributed by atoms with Crippen LogP contribution in [0.1, 0.15) is 38.2 Å². The van der Waals surface area contributed by atoms with Crippen LogP contribution < -0.4 is 9.47 Å². The third-order valence-corrected chi connectivity index (χ3v) is 5.24.